The van der Waals surface area contributed by atoms with Crippen molar-refractivity contribution in [1.29, 1.82) is 10.5 Å². The first-order valence-electron chi connectivity index (χ1n) is 18.3. The number of rotatable bonds is 4. The van der Waals surface area contributed by atoms with Crippen LogP contribution in [0.1, 0.15) is 90.4 Å². The molecule has 5 aliphatic rings. The van der Waals surface area contributed by atoms with Crippen LogP contribution in [0.15, 0.2) is 127 Å². The van der Waals surface area contributed by atoms with Crippen LogP contribution in [-0.4, -0.2) is 10.6 Å². The first-order chi connectivity index (χ1) is 25.0. The third-order valence-electron chi connectivity index (χ3n) is 11.7. The van der Waals surface area contributed by atoms with Gasteiger partial charge < -0.3 is 9.47 Å². The zero-order valence-corrected chi connectivity index (χ0v) is 29.3. The number of allylic oxidation sites excluding steroid dienone is 11. The molecule has 6 unspecified atom stereocenters. The van der Waals surface area contributed by atoms with Gasteiger partial charge in [0.15, 0.2) is 0 Å². The number of nitriles is 2. The molecule has 1 aliphatic heterocycles. The summed E-state index contributed by atoms with van der Waals surface area (Å²) in [5, 5.41) is 21.9. The van der Waals surface area contributed by atoms with Gasteiger partial charge in [-0.05, 0) is 77.4 Å². The highest BCUT2D eigenvalue weighted by atomic mass is 15.2. The van der Waals surface area contributed by atoms with Crippen molar-refractivity contribution in [1.82, 2.24) is 4.57 Å². The molecule has 4 nitrogen and oxygen atoms in total. The summed E-state index contributed by atoms with van der Waals surface area (Å²) >= 11 is 0. The van der Waals surface area contributed by atoms with Crippen molar-refractivity contribution in [2.45, 2.75) is 57.4 Å². The standard InChI is InChI=1S/C47H40N4/c1-29-21-22-45(51-46-30(2)11-8-16-39(46)40-17-9-12-33(28-49)47(40)51)41(23-29)35-25-32(27-48)24-34(26-35)36-15-10-20-42(31(36)3)50-43-18-6-4-13-37(43)38-14-5-7-19-44(38)50/h4-10,12-22,24-26,29-31,36-37,43H,11,23H2,1-3H3. The molecule has 0 saturated heterocycles. The van der Waals surface area contributed by atoms with E-state index >= 15 is 0 Å². The Labute approximate surface area is 300 Å². The van der Waals surface area contributed by atoms with Crippen molar-refractivity contribution >= 4 is 33.9 Å². The fourth-order valence-corrected chi connectivity index (χ4v) is 9.36. The second-order valence-corrected chi connectivity index (χ2v) is 14.9. The normalized spacial score (nSPS) is 25.7. The quantitative estimate of drug-likeness (QED) is 0.219. The van der Waals surface area contributed by atoms with Gasteiger partial charge in [-0.1, -0.05) is 112 Å². The summed E-state index contributed by atoms with van der Waals surface area (Å²) in [6.07, 6.45) is 26.7. The lowest BCUT2D eigenvalue weighted by Crippen LogP contribution is -2.36. The number of hydrogen-bond acceptors (Lipinski definition) is 3. The minimum Gasteiger partial charge on any atom is -0.337 e. The first kappa shape index (κ1) is 31.2. The van der Waals surface area contributed by atoms with Crippen LogP contribution in [0.3, 0.4) is 0 Å². The number of benzene rings is 3. The highest BCUT2D eigenvalue weighted by Gasteiger charge is 2.40. The van der Waals surface area contributed by atoms with Gasteiger partial charge in [0.2, 0.25) is 0 Å². The Hall–Kier alpha value is -5.84. The second-order valence-electron chi connectivity index (χ2n) is 14.9. The average molecular weight is 661 g/mol. The van der Waals surface area contributed by atoms with E-state index in [0.29, 0.717) is 28.9 Å². The summed E-state index contributed by atoms with van der Waals surface area (Å²) in [5.74, 6) is 1.26. The number of anilines is 1. The van der Waals surface area contributed by atoms with Crippen LogP contribution in [0, 0.1) is 34.5 Å². The van der Waals surface area contributed by atoms with E-state index in [2.05, 4.69) is 158 Å². The molecule has 248 valence electrons. The minimum atomic E-state index is 0.0995. The van der Waals surface area contributed by atoms with Gasteiger partial charge in [-0.25, -0.2) is 0 Å². The van der Waals surface area contributed by atoms with Crippen molar-refractivity contribution in [3.05, 3.63) is 166 Å². The number of para-hydroxylation sites is 2. The van der Waals surface area contributed by atoms with E-state index in [1.807, 2.05) is 12.1 Å². The van der Waals surface area contributed by atoms with Crippen LogP contribution in [0.5, 0.6) is 0 Å². The van der Waals surface area contributed by atoms with Gasteiger partial charge in [0.05, 0.1) is 28.8 Å². The van der Waals surface area contributed by atoms with E-state index in [4.69, 9.17) is 0 Å². The fraction of sp³-hybridized carbons (Fsp3) is 0.234. The molecule has 6 atom stereocenters. The predicted molar refractivity (Wildman–Crippen MR) is 209 cm³/mol. The zero-order chi connectivity index (χ0) is 34.8. The molecule has 0 bridgehead atoms. The summed E-state index contributed by atoms with van der Waals surface area (Å²) in [7, 11) is 0. The monoisotopic (exact) mass is 660 g/mol. The van der Waals surface area contributed by atoms with E-state index in [0.717, 1.165) is 40.6 Å². The highest BCUT2D eigenvalue weighted by Crippen LogP contribution is 2.50. The summed E-state index contributed by atoms with van der Waals surface area (Å²) < 4.78 is 2.38. The van der Waals surface area contributed by atoms with Gasteiger partial charge in [-0.2, -0.15) is 10.5 Å². The maximum atomic E-state index is 10.4. The molecule has 4 aliphatic carbocycles. The Morgan fingerprint density at radius 2 is 1.65 bits per heavy atom. The van der Waals surface area contributed by atoms with Gasteiger partial charge in [-0.3, -0.25) is 0 Å². The van der Waals surface area contributed by atoms with Gasteiger partial charge in [0, 0.05) is 57.4 Å². The fourth-order valence-electron chi connectivity index (χ4n) is 9.36. The summed E-state index contributed by atoms with van der Waals surface area (Å²) in [6.45, 7) is 6.89. The van der Waals surface area contributed by atoms with E-state index < -0.39 is 0 Å². The molecule has 0 N–H and O–H groups in total. The third kappa shape index (κ3) is 4.85. The van der Waals surface area contributed by atoms with E-state index in [1.165, 1.54) is 33.8 Å². The molecule has 1 aromatic heterocycles. The molecule has 0 radical (unpaired) electrons. The van der Waals surface area contributed by atoms with Crippen molar-refractivity contribution < 1.29 is 0 Å². The molecule has 4 heteroatoms. The molecule has 9 rings (SSSR count). The number of nitrogens with zero attached hydrogens (tertiary/aromatic N) is 4. The summed E-state index contributed by atoms with van der Waals surface area (Å²) in [5.41, 5.74) is 13.3. The van der Waals surface area contributed by atoms with Crippen molar-refractivity contribution in [3.63, 3.8) is 0 Å². The maximum absolute atomic E-state index is 10.4. The zero-order valence-electron chi connectivity index (χ0n) is 29.3. The topological polar surface area (TPSA) is 55.8 Å². The van der Waals surface area contributed by atoms with Gasteiger partial charge in [0.25, 0.3) is 0 Å². The second kappa shape index (κ2) is 12.2. The van der Waals surface area contributed by atoms with Crippen LogP contribution < -0.4 is 4.90 Å². The molecule has 3 aromatic carbocycles. The third-order valence-corrected chi connectivity index (χ3v) is 11.7. The maximum Gasteiger partial charge on any atom is 0.101 e. The minimum absolute atomic E-state index is 0.0995. The summed E-state index contributed by atoms with van der Waals surface area (Å²) in [6, 6.07) is 26.7. The molecule has 0 spiro atoms. The first-order valence-corrected chi connectivity index (χ1v) is 18.3. The van der Waals surface area contributed by atoms with Crippen LogP contribution in [0.2, 0.25) is 0 Å². The molecular formula is C47H40N4. The van der Waals surface area contributed by atoms with E-state index in [9.17, 15) is 10.5 Å². The van der Waals surface area contributed by atoms with Crippen LogP contribution >= 0.6 is 0 Å². The van der Waals surface area contributed by atoms with E-state index in [-0.39, 0.29) is 17.9 Å². The highest BCUT2D eigenvalue weighted by molar-refractivity contribution is 6.02. The van der Waals surface area contributed by atoms with E-state index in [1.54, 1.807) is 0 Å². The molecule has 51 heavy (non-hydrogen) atoms. The Morgan fingerprint density at radius 3 is 2.51 bits per heavy atom. The van der Waals surface area contributed by atoms with Crippen molar-refractivity contribution in [2.75, 3.05) is 4.90 Å². The largest absolute Gasteiger partial charge is 0.337 e. The molecule has 0 saturated carbocycles. The summed E-state index contributed by atoms with van der Waals surface area (Å²) in [4.78, 5) is 2.55. The lowest BCUT2D eigenvalue weighted by atomic mass is 9.79. The Bertz CT molecular complexity index is 2430. The van der Waals surface area contributed by atoms with Crippen molar-refractivity contribution in [2.24, 2.45) is 11.8 Å². The lowest BCUT2D eigenvalue weighted by molar-refractivity contribution is 0.557. The van der Waals surface area contributed by atoms with Gasteiger partial charge >= 0.3 is 0 Å². The number of fused-ring (bicyclic) bond motifs is 6. The molecule has 0 fully saturated rings. The lowest BCUT2D eigenvalue weighted by Gasteiger charge is -2.37. The average Bonchev–Trinajstić information content (AvgIpc) is 3.69. The Kier molecular flexibility index (Phi) is 7.45. The van der Waals surface area contributed by atoms with Gasteiger partial charge in [-0.15, -0.1) is 0 Å². The molecule has 4 aromatic rings. The molecular weight excluding hydrogens is 621 g/mol. The Balaban J connectivity index is 1.18. The Morgan fingerprint density at radius 1 is 0.804 bits per heavy atom. The van der Waals surface area contributed by atoms with Crippen LogP contribution in [0.25, 0.3) is 28.2 Å². The van der Waals surface area contributed by atoms with Crippen molar-refractivity contribution in [3.8, 4) is 12.1 Å². The predicted octanol–water partition coefficient (Wildman–Crippen LogP) is 11.1. The smallest absolute Gasteiger partial charge is 0.101 e. The number of aromatic nitrogens is 1. The van der Waals surface area contributed by atoms with Gasteiger partial charge in [0.1, 0.15) is 6.07 Å². The molecule has 2 heterocycles. The van der Waals surface area contributed by atoms with Crippen LogP contribution in [0.4, 0.5) is 5.69 Å². The number of hydrogen-bond donors (Lipinski definition) is 0. The van der Waals surface area contributed by atoms with Crippen LogP contribution in [-0.2, 0) is 0 Å². The molecule has 0 amide bonds. The SMILES string of the molecule is CC1C=CC(n2c3c(c4cccc(C#N)c42)C=CCC3C)=C(c2cc(C#N)cc(C3C=CC=C(N4c5ccccc5C5C=CC=CC54)C3C)c2)C1.